The third-order valence-electron chi connectivity index (χ3n) is 3.20. The maximum Gasteiger partial charge on any atom is 0.326 e. The molecule has 1 rings (SSSR count). The molecular formula is C15H24N4O4. The third kappa shape index (κ3) is 6.09. The second-order valence-corrected chi connectivity index (χ2v) is 6.13. The van der Waals surface area contributed by atoms with Gasteiger partial charge in [-0.25, -0.2) is 4.79 Å². The molecule has 0 saturated carbocycles. The van der Waals surface area contributed by atoms with Crippen LogP contribution in [0.25, 0.3) is 0 Å². The highest BCUT2D eigenvalue weighted by atomic mass is 16.4. The van der Waals surface area contributed by atoms with E-state index in [4.69, 9.17) is 5.11 Å². The molecule has 1 atom stereocenters. The van der Waals surface area contributed by atoms with Gasteiger partial charge in [-0.3, -0.25) is 14.7 Å². The van der Waals surface area contributed by atoms with Crippen molar-refractivity contribution in [1.29, 1.82) is 0 Å². The summed E-state index contributed by atoms with van der Waals surface area (Å²) in [6.45, 7) is 7.36. The predicted molar refractivity (Wildman–Crippen MR) is 84.0 cm³/mol. The number of aliphatic carboxylic acids is 1. The molecule has 4 N–H and O–H groups in total. The number of carboxylic acid groups (broad SMARTS) is 1. The maximum absolute atomic E-state index is 11.9. The number of rotatable bonds is 8. The fourth-order valence-electron chi connectivity index (χ4n) is 1.94. The van der Waals surface area contributed by atoms with Gasteiger partial charge in [0.2, 0.25) is 5.91 Å². The molecule has 128 valence electrons. The number of carbonyl (C=O) groups is 3. The minimum Gasteiger partial charge on any atom is -0.480 e. The van der Waals surface area contributed by atoms with Crippen molar-refractivity contribution in [3.8, 4) is 0 Å². The molecule has 0 aromatic carbocycles. The smallest absolute Gasteiger partial charge is 0.326 e. The number of hydrogen-bond acceptors (Lipinski definition) is 4. The Bertz CT molecular complexity index is 566. The first-order chi connectivity index (χ1) is 10.7. The molecule has 8 heteroatoms. The number of nitrogens with zero attached hydrogens (tertiary/aromatic N) is 1. The highest BCUT2D eigenvalue weighted by Gasteiger charge is 2.21. The number of amides is 2. The van der Waals surface area contributed by atoms with Gasteiger partial charge < -0.3 is 15.7 Å². The van der Waals surface area contributed by atoms with Crippen LogP contribution in [-0.4, -0.2) is 45.7 Å². The summed E-state index contributed by atoms with van der Waals surface area (Å²) in [4.78, 5) is 34.7. The average molecular weight is 324 g/mol. The van der Waals surface area contributed by atoms with Gasteiger partial charge in [0.05, 0.1) is 6.54 Å². The topological polar surface area (TPSA) is 124 Å². The largest absolute Gasteiger partial charge is 0.480 e. The summed E-state index contributed by atoms with van der Waals surface area (Å²) in [6, 6.07) is 0.661. The SMILES string of the molecule is CC(C)C[C@H](NC(=O)CNC(=O)c1cc(C(C)C)[nH]n1)C(=O)O. The summed E-state index contributed by atoms with van der Waals surface area (Å²) in [5.41, 5.74) is 1.01. The molecule has 0 fully saturated rings. The molecule has 0 bridgehead atoms. The summed E-state index contributed by atoms with van der Waals surface area (Å²) in [5, 5.41) is 20.5. The van der Waals surface area contributed by atoms with Crippen molar-refractivity contribution in [2.24, 2.45) is 5.92 Å². The Hall–Kier alpha value is -2.38. The number of carboxylic acids is 1. The Balaban J connectivity index is 2.50. The van der Waals surface area contributed by atoms with Gasteiger partial charge in [-0.1, -0.05) is 27.7 Å². The second-order valence-electron chi connectivity index (χ2n) is 6.13. The normalized spacial score (nSPS) is 12.3. The number of carbonyl (C=O) groups excluding carboxylic acids is 2. The summed E-state index contributed by atoms with van der Waals surface area (Å²) < 4.78 is 0. The predicted octanol–water partition coefficient (Wildman–Crippen LogP) is 0.878. The standard InChI is InChI=1S/C15H24N4O4/c1-8(2)5-12(15(22)23)17-13(20)7-16-14(21)11-6-10(9(3)4)18-19-11/h6,8-9,12H,5,7H2,1-4H3,(H,16,21)(H,17,20)(H,18,19)(H,22,23)/t12-/m0/s1. The summed E-state index contributed by atoms with van der Waals surface area (Å²) in [5.74, 6) is -1.79. The van der Waals surface area contributed by atoms with Gasteiger partial charge in [-0.2, -0.15) is 5.10 Å². The van der Waals surface area contributed by atoms with Crippen LogP contribution in [-0.2, 0) is 9.59 Å². The lowest BCUT2D eigenvalue weighted by atomic mass is 10.0. The first-order valence-electron chi connectivity index (χ1n) is 7.56. The van der Waals surface area contributed by atoms with Crippen molar-refractivity contribution in [2.75, 3.05) is 6.54 Å². The zero-order chi connectivity index (χ0) is 17.6. The van der Waals surface area contributed by atoms with Crippen LogP contribution in [0.4, 0.5) is 0 Å². The van der Waals surface area contributed by atoms with Crippen molar-refractivity contribution in [3.05, 3.63) is 17.5 Å². The second kappa shape index (κ2) is 8.30. The lowest BCUT2D eigenvalue weighted by Gasteiger charge is -2.16. The van der Waals surface area contributed by atoms with E-state index in [2.05, 4.69) is 20.8 Å². The van der Waals surface area contributed by atoms with E-state index in [1.165, 1.54) is 0 Å². The van der Waals surface area contributed by atoms with Gasteiger partial charge in [0, 0.05) is 5.69 Å². The zero-order valence-corrected chi connectivity index (χ0v) is 13.8. The Labute approximate surface area is 135 Å². The van der Waals surface area contributed by atoms with Gasteiger partial charge in [-0.15, -0.1) is 0 Å². The van der Waals surface area contributed by atoms with Crippen molar-refractivity contribution in [2.45, 2.75) is 46.1 Å². The molecule has 1 aromatic rings. The third-order valence-corrected chi connectivity index (χ3v) is 3.20. The molecule has 0 unspecified atom stereocenters. The van der Waals surface area contributed by atoms with E-state index >= 15 is 0 Å². The van der Waals surface area contributed by atoms with Crippen molar-refractivity contribution in [1.82, 2.24) is 20.8 Å². The molecule has 0 saturated heterocycles. The van der Waals surface area contributed by atoms with Crippen molar-refractivity contribution in [3.63, 3.8) is 0 Å². The van der Waals surface area contributed by atoms with E-state index in [1.807, 2.05) is 27.7 Å². The molecule has 0 spiro atoms. The van der Waals surface area contributed by atoms with Crippen molar-refractivity contribution < 1.29 is 19.5 Å². The maximum atomic E-state index is 11.9. The van der Waals surface area contributed by atoms with Gasteiger partial charge in [0.15, 0.2) is 0 Å². The molecular weight excluding hydrogens is 300 g/mol. The van der Waals surface area contributed by atoms with Crippen LogP contribution in [0.15, 0.2) is 6.07 Å². The summed E-state index contributed by atoms with van der Waals surface area (Å²) in [7, 11) is 0. The van der Waals surface area contributed by atoms with Crippen LogP contribution < -0.4 is 10.6 Å². The number of aromatic nitrogens is 2. The fourth-order valence-corrected chi connectivity index (χ4v) is 1.94. The van der Waals surface area contributed by atoms with E-state index in [0.717, 1.165) is 5.69 Å². The van der Waals surface area contributed by atoms with Crippen LogP contribution in [0.2, 0.25) is 0 Å². The van der Waals surface area contributed by atoms with Crippen LogP contribution >= 0.6 is 0 Å². The number of hydrogen-bond donors (Lipinski definition) is 4. The Kier molecular flexibility index (Phi) is 6.74. The first kappa shape index (κ1) is 18.7. The highest BCUT2D eigenvalue weighted by Crippen LogP contribution is 2.11. The van der Waals surface area contributed by atoms with Gasteiger partial charge in [0.25, 0.3) is 5.91 Å². The molecule has 0 radical (unpaired) electrons. The summed E-state index contributed by atoms with van der Waals surface area (Å²) >= 11 is 0. The molecule has 8 nitrogen and oxygen atoms in total. The molecule has 0 aliphatic rings. The average Bonchev–Trinajstić information content (AvgIpc) is 2.93. The number of H-pyrrole nitrogens is 1. The van der Waals surface area contributed by atoms with E-state index in [-0.39, 0.29) is 24.1 Å². The molecule has 2 amide bonds. The van der Waals surface area contributed by atoms with Crippen LogP contribution in [0.1, 0.15) is 56.2 Å². The first-order valence-corrected chi connectivity index (χ1v) is 7.56. The lowest BCUT2D eigenvalue weighted by Crippen LogP contribution is -2.46. The minimum absolute atomic E-state index is 0.129. The van der Waals surface area contributed by atoms with Crippen LogP contribution in [0.5, 0.6) is 0 Å². The molecule has 1 heterocycles. The zero-order valence-electron chi connectivity index (χ0n) is 13.8. The van der Waals surface area contributed by atoms with Crippen LogP contribution in [0.3, 0.4) is 0 Å². The van der Waals surface area contributed by atoms with Gasteiger partial charge in [0.1, 0.15) is 11.7 Å². The molecule has 23 heavy (non-hydrogen) atoms. The van der Waals surface area contributed by atoms with E-state index in [0.29, 0.717) is 6.42 Å². The number of nitrogens with one attached hydrogen (secondary N) is 3. The van der Waals surface area contributed by atoms with Gasteiger partial charge in [-0.05, 0) is 24.3 Å². The van der Waals surface area contributed by atoms with Gasteiger partial charge >= 0.3 is 5.97 Å². The highest BCUT2D eigenvalue weighted by molar-refractivity contribution is 5.95. The minimum atomic E-state index is -1.09. The Morgan fingerprint density at radius 3 is 2.39 bits per heavy atom. The monoisotopic (exact) mass is 324 g/mol. The summed E-state index contributed by atoms with van der Waals surface area (Å²) in [6.07, 6.45) is 0.326. The molecule has 0 aliphatic heterocycles. The quantitative estimate of drug-likeness (QED) is 0.565. The van der Waals surface area contributed by atoms with Crippen LogP contribution in [0, 0.1) is 5.92 Å². The van der Waals surface area contributed by atoms with E-state index in [1.54, 1.807) is 6.07 Å². The van der Waals surface area contributed by atoms with E-state index in [9.17, 15) is 14.4 Å². The van der Waals surface area contributed by atoms with E-state index < -0.39 is 23.8 Å². The molecule has 0 aliphatic carbocycles. The fraction of sp³-hybridized carbons (Fsp3) is 0.600. The Morgan fingerprint density at radius 2 is 1.91 bits per heavy atom. The number of aromatic amines is 1. The molecule has 1 aromatic heterocycles. The lowest BCUT2D eigenvalue weighted by molar-refractivity contribution is -0.142. The Morgan fingerprint density at radius 1 is 1.26 bits per heavy atom. The van der Waals surface area contributed by atoms with Crippen molar-refractivity contribution >= 4 is 17.8 Å².